The van der Waals surface area contributed by atoms with Crippen LogP contribution in [-0.4, -0.2) is 63.1 Å². The SMILES string of the molecule is CCOC(=O)NC(CC(NC(=O)OCC)NC(=O)OCC)NC(=O)OCC. The second kappa shape index (κ2) is 14.3. The zero-order valence-electron chi connectivity index (χ0n) is 16.0. The Morgan fingerprint density at radius 3 is 0.963 bits per heavy atom. The van der Waals surface area contributed by atoms with Gasteiger partial charge in [0.15, 0.2) is 0 Å². The molecule has 0 aromatic carbocycles. The Kier molecular flexibility index (Phi) is 12.7. The van der Waals surface area contributed by atoms with E-state index in [-0.39, 0.29) is 32.8 Å². The van der Waals surface area contributed by atoms with Gasteiger partial charge in [0.2, 0.25) is 0 Å². The second-order valence-corrected chi connectivity index (χ2v) is 4.80. The number of hydrogen-bond donors (Lipinski definition) is 4. The Hall–Kier alpha value is -2.92. The smallest absolute Gasteiger partial charge is 0.408 e. The molecule has 4 amide bonds. The van der Waals surface area contributed by atoms with Crippen molar-refractivity contribution in [1.82, 2.24) is 21.3 Å². The van der Waals surface area contributed by atoms with E-state index in [0.717, 1.165) is 0 Å². The fourth-order valence-corrected chi connectivity index (χ4v) is 1.80. The summed E-state index contributed by atoms with van der Waals surface area (Å²) in [6, 6.07) is 0. The van der Waals surface area contributed by atoms with Crippen LogP contribution in [0.2, 0.25) is 0 Å². The molecule has 12 heteroatoms. The summed E-state index contributed by atoms with van der Waals surface area (Å²) in [5.74, 6) is 0. The van der Waals surface area contributed by atoms with E-state index in [0.29, 0.717) is 0 Å². The first kappa shape index (κ1) is 24.1. The van der Waals surface area contributed by atoms with E-state index in [2.05, 4.69) is 21.3 Å². The van der Waals surface area contributed by atoms with Crippen LogP contribution in [0.25, 0.3) is 0 Å². The number of ether oxygens (including phenoxy) is 4. The highest BCUT2D eigenvalue weighted by molar-refractivity contribution is 5.72. The molecule has 0 aliphatic rings. The van der Waals surface area contributed by atoms with Crippen molar-refractivity contribution >= 4 is 24.4 Å². The third kappa shape index (κ3) is 12.1. The Balaban J connectivity index is 5.13. The Bertz CT molecular complexity index is 406. The first-order chi connectivity index (χ1) is 12.9. The monoisotopic (exact) mass is 392 g/mol. The fourth-order valence-electron chi connectivity index (χ4n) is 1.80. The summed E-state index contributed by atoms with van der Waals surface area (Å²) in [5.41, 5.74) is 0. The van der Waals surface area contributed by atoms with Crippen molar-refractivity contribution in [2.75, 3.05) is 26.4 Å². The molecule has 4 N–H and O–H groups in total. The van der Waals surface area contributed by atoms with Gasteiger partial charge in [-0.05, 0) is 27.7 Å². The molecule has 156 valence electrons. The number of alkyl carbamates (subject to hydrolysis) is 4. The van der Waals surface area contributed by atoms with Crippen LogP contribution in [0.4, 0.5) is 19.2 Å². The summed E-state index contributed by atoms with van der Waals surface area (Å²) < 4.78 is 19.1. The molecule has 0 aromatic rings. The van der Waals surface area contributed by atoms with Gasteiger partial charge in [-0.3, -0.25) is 0 Å². The predicted octanol–water partition coefficient (Wildman–Crippen LogP) is 1.01. The highest BCUT2D eigenvalue weighted by Crippen LogP contribution is 1.99. The van der Waals surface area contributed by atoms with Crippen molar-refractivity contribution < 1.29 is 38.1 Å². The highest BCUT2D eigenvalue weighted by atomic mass is 16.6. The Morgan fingerprint density at radius 2 is 0.778 bits per heavy atom. The van der Waals surface area contributed by atoms with Crippen molar-refractivity contribution in [1.29, 1.82) is 0 Å². The fraction of sp³-hybridized carbons (Fsp3) is 0.733. The summed E-state index contributed by atoms with van der Waals surface area (Å²) in [5, 5.41) is 9.56. The van der Waals surface area contributed by atoms with E-state index in [9.17, 15) is 19.2 Å². The molecule has 0 saturated heterocycles. The number of rotatable bonds is 10. The van der Waals surface area contributed by atoms with Gasteiger partial charge in [-0.25, -0.2) is 19.2 Å². The normalized spacial score (nSPS) is 10.0. The molecule has 0 radical (unpaired) electrons. The number of carbonyl (C=O) groups is 4. The molecule has 0 unspecified atom stereocenters. The third-order valence-corrected chi connectivity index (χ3v) is 2.74. The number of carbonyl (C=O) groups excluding carboxylic acids is 4. The van der Waals surface area contributed by atoms with E-state index >= 15 is 0 Å². The van der Waals surface area contributed by atoms with Crippen molar-refractivity contribution in [3.05, 3.63) is 0 Å². The lowest BCUT2D eigenvalue weighted by Gasteiger charge is -2.25. The Labute approximate surface area is 157 Å². The summed E-state index contributed by atoms with van der Waals surface area (Å²) in [7, 11) is 0. The molecule has 0 rings (SSSR count). The maximum atomic E-state index is 11.7. The minimum atomic E-state index is -1.03. The molecule has 0 saturated carbocycles. The molecule has 0 aliphatic carbocycles. The third-order valence-electron chi connectivity index (χ3n) is 2.74. The zero-order valence-corrected chi connectivity index (χ0v) is 16.0. The first-order valence-corrected chi connectivity index (χ1v) is 8.59. The van der Waals surface area contributed by atoms with Gasteiger partial charge in [-0.2, -0.15) is 0 Å². The minimum absolute atomic E-state index is 0.115. The van der Waals surface area contributed by atoms with Gasteiger partial charge in [-0.1, -0.05) is 0 Å². The van der Waals surface area contributed by atoms with Gasteiger partial charge >= 0.3 is 24.4 Å². The average molecular weight is 392 g/mol. The lowest BCUT2D eigenvalue weighted by atomic mass is 10.2. The van der Waals surface area contributed by atoms with Crippen LogP contribution >= 0.6 is 0 Å². The molecule has 0 fully saturated rings. The molecule has 12 nitrogen and oxygen atoms in total. The molecule has 0 spiro atoms. The van der Waals surface area contributed by atoms with Crippen LogP contribution in [0.3, 0.4) is 0 Å². The molecule has 0 atom stereocenters. The average Bonchev–Trinajstić information content (AvgIpc) is 2.55. The van der Waals surface area contributed by atoms with Crippen LogP contribution in [0.1, 0.15) is 34.1 Å². The van der Waals surface area contributed by atoms with Crippen LogP contribution < -0.4 is 21.3 Å². The van der Waals surface area contributed by atoms with E-state index in [1.165, 1.54) is 0 Å². The first-order valence-electron chi connectivity index (χ1n) is 8.59. The maximum absolute atomic E-state index is 11.7. The van der Waals surface area contributed by atoms with Gasteiger partial charge in [0.1, 0.15) is 12.3 Å². The number of hydrogen-bond acceptors (Lipinski definition) is 8. The van der Waals surface area contributed by atoms with E-state index in [1.807, 2.05) is 0 Å². The molecular weight excluding hydrogens is 364 g/mol. The van der Waals surface area contributed by atoms with Crippen molar-refractivity contribution in [2.45, 2.75) is 46.4 Å². The van der Waals surface area contributed by atoms with Gasteiger partial charge < -0.3 is 40.2 Å². The zero-order chi connectivity index (χ0) is 20.7. The lowest BCUT2D eigenvalue weighted by Crippen LogP contribution is -2.56. The van der Waals surface area contributed by atoms with Crippen LogP contribution in [0.5, 0.6) is 0 Å². The molecule has 0 heterocycles. The van der Waals surface area contributed by atoms with Crippen molar-refractivity contribution in [2.24, 2.45) is 0 Å². The van der Waals surface area contributed by atoms with Crippen LogP contribution in [0.15, 0.2) is 0 Å². The topological polar surface area (TPSA) is 153 Å². The van der Waals surface area contributed by atoms with Crippen LogP contribution in [-0.2, 0) is 18.9 Å². The molecule has 0 aromatic heterocycles. The van der Waals surface area contributed by atoms with Crippen molar-refractivity contribution in [3.8, 4) is 0 Å². The Morgan fingerprint density at radius 1 is 0.556 bits per heavy atom. The predicted molar refractivity (Wildman–Crippen MR) is 92.8 cm³/mol. The van der Waals surface area contributed by atoms with Crippen LogP contribution in [0, 0.1) is 0 Å². The molecular formula is C15H28N4O8. The quantitative estimate of drug-likeness (QED) is 0.317. The van der Waals surface area contributed by atoms with E-state index < -0.39 is 36.7 Å². The lowest BCUT2D eigenvalue weighted by molar-refractivity contribution is 0.124. The molecule has 0 bridgehead atoms. The maximum Gasteiger partial charge on any atom is 0.408 e. The summed E-state index contributed by atoms with van der Waals surface area (Å²) in [4.78, 5) is 46.7. The molecule has 0 aliphatic heterocycles. The molecule has 27 heavy (non-hydrogen) atoms. The van der Waals surface area contributed by atoms with Gasteiger partial charge in [0.25, 0.3) is 0 Å². The second-order valence-electron chi connectivity index (χ2n) is 4.80. The van der Waals surface area contributed by atoms with Gasteiger partial charge in [0, 0.05) is 6.42 Å². The largest absolute Gasteiger partial charge is 0.450 e. The van der Waals surface area contributed by atoms with Gasteiger partial charge in [0.05, 0.1) is 26.4 Å². The van der Waals surface area contributed by atoms with Gasteiger partial charge in [-0.15, -0.1) is 0 Å². The number of nitrogens with one attached hydrogen (secondary N) is 4. The highest BCUT2D eigenvalue weighted by Gasteiger charge is 2.24. The minimum Gasteiger partial charge on any atom is -0.450 e. The summed E-state index contributed by atoms with van der Waals surface area (Å²) in [6.07, 6.45) is -5.41. The standard InChI is InChI=1S/C15H28N4O8/c1-5-24-12(20)16-10(17-13(21)25-6-2)9-11(18-14(22)26-7-3)19-15(23)27-8-4/h10-11H,5-9H2,1-4H3,(H,16,20)(H,17,21)(H,18,22)(H,19,23). The van der Waals surface area contributed by atoms with E-state index in [1.54, 1.807) is 27.7 Å². The van der Waals surface area contributed by atoms with E-state index in [4.69, 9.17) is 18.9 Å². The summed E-state index contributed by atoms with van der Waals surface area (Å²) in [6.45, 7) is 6.91. The number of amides is 4. The van der Waals surface area contributed by atoms with Crippen molar-refractivity contribution in [3.63, 3.8) is 0 Å². The summed E-state index contributed by atoms with van der Waals surface area (Å²) >= 11 is 0.